The van der Waals surface area contributed by atoms with Gasteiger partial charge in [-0.1, -0.05) is 27.7 Å². The van der Waals surface area contributed by atoms with E-state index in [0.717, 1.165) is 4.90 Å². The van der Waals surface area contributed by atoms with Crippen LogP contribution in [0.4, 0.5) is 0 Å². The van der Waals surface area contributed by atoms with Gasteiger partial charge in [0.15, 0.2) is 6.29 Å². The molecule has 0 fully saturated rings. The van der Waals surface area contributed by atoms with Gasteiger partial charge in [0.1, 0.15) is 0 Å². The number of hydrogen-bond donors (Lipinski definition) is 0. The number of carbonyl (C=O) groups excluding carboxylic acids is 4. The highest BCUT2D eigenvalue weighted by atomic mass is 16.2. The SMILES string of the molecule is CC.CC.CN1C(=O)c2cc(C=O)c(C(=O)N(C)C(C)(C)C)cc2C1=O. The first-order chi connectivity index (χ1) is 12.1. The van der Waals surface area contributed by atoms with Crippen LogP contribution in [-0.2, 0) is 0 Å². The van der Waals surface area contributed by atoms with Crippen LogP contribution in [0.1, 0.15) is 89.9 Å². The molecule has 0 bridgehead atoms. The fourth-order valence-electron chi connectivity index (χ4n) is 2.19. The summed E-state index contributed by atoms with van der Waals surface area (Å²) in [4.78, 5) is 50.3. The molecule has 1 aliphatic heterocycles. The molecule has 0 aromatic heterocycles. The Hall–Kier alpha value is -2.50. The standard InChI is InChI=1S/C16H18N2O4.2C2H6/c1-16(2,3)18(5)15(22)10-7-12-11(6-9(10)8-19)13(20)17(4)14(12)21;2*1-2/h6-8H,1-5H3;2*1-2H3. The van der Waals surface area contributed by atoms with E-state index in [1.165, 1.54) is 24.1 Å². The number of rotatable bonds is 2. The maximum Gasteiger partial charge on any atom is 0.261 e. The molecule has 1 heterocycles. The average molecular weight is 362 g/mol. The second kappa shape index (κ2) is 9.27. The molecule has 144 valence electrons. The maximum atomic E-state index is 12.6. The Morgan fingerprint density at radius 2 is 1.42 bits per heavy atom. The van der Waals surface area contributed by atoms with Crippen LogP contribution in [-0.4, -0.2) is 53.4 Å². The third-order valence-electron chi connectivity index (χ3n) is 3.93. The van der Waals surface area contributed by atoms with Crippen molar-refractivity contribution >= 4 is 24.0 Å². The number of aldehydes is 1. The lowest BCUT2D eigenvalue weighted by molar-refractivity contribution is 0.0651. The summed E-state index contributed by atoms with van der Waals surface area (Å²) in [5.74, 6) is -1.30. The molecule has 26 heavy (non-hydrogen) atoms. The van der Waals surface area contributed by atoms with Gasteiger partial charge in [-0.3, -0.25) is 24.1 Å². The number of amides is 3. The summed E-state index contributed by atoms with van der Waals surface area (Å²) in [6.07, 6.45) is 0.528. The van der Waals surface area contributed by atoms with Crippen molar-refractivity contribution in [1.82, 2.24) is 9.80 Å². The maximum absolute atomic E-state index is 12.6. The van der Waals surface area contributed by atoms with Gasteiger partial charge in [0, 0.05) is 25.2 Å². The van der Waals surface area contributed by atoms with Crippen molar-refractivity contribution in [3.8, 4) is 0 Å². The van der Waals surface area contributed by atoms with E-state index >= 15 is 0 Å². The van der Waals surface area contributed by atoms with E-state index in [1.807, 2.05) is 48.5 Å². The molecule has 2 rings (SSSR count). The van der Waals surface area contributed by atoms with Gasteiger partial charge in [0.2, 0.25) is 0 Å². The Balaban J connectivity index is 0.00000146. The summed E-state index contributed by atoms with van der Waals surface area (Å²) < 4.78 is 0. The van der Waals surface area contributed by atoms with Gasteiger partial charge in [-0.15, -0.1) is 0 Å². The summed E-state index contributed by atoms with van der Waals surface area (Å²) in [6.45, 7) is 13.6. The largest absolute Gasteiger partial charge is 0.337 e. The first-order valence-corrected chi connectivity index (χ1v) is 8.83. The van der Waals surface area contributed by atoms with E-state index in [9.17, 15) is 19.2 Å². The van der Waals surface area contributed by atoms with Crippen molar-refractivity contribution < 1.29 is 19.2 Å². The lowest BCUT2D eigenvalue weighted by Gasteiger charge is -2.32. The number of imide groups is 1. The normalized spacial score (nSPS) is 12.4. The summed E-state index contributed by atoms with van der Waals surface area (Å²) in [5.41, 5.74) is 0.111. The van der Waals surface area contributed by atoms with Crippen LogP contribution in [0.25, 0.3) is 0 Å². The molecule has 0 saturated carbocycles. The van der Waals surface area contributed by atoms with E-state index in [4.69, 9.17) is 0 Å². The summed E-state index contributed by atoms with van der Waals surface area (Å²) in [5, 5.41) is 0. The van der Waals surface area contributed by atoms with Crippen molar-refractivity contribution in [3.05, 3.63) is 34.4 Å². The van der Waals surface area contributed by atoms with Crippen LogP contribution in [0, 0.1) is 0 Å². The summed E-state index contributed by atoms with van der Waals surface area (Å²) in [6, 6.07) is 2.66. The summed E-state index contributed by atoms with van der Waals surface area (Å²) in [7, 11) is 3.00. The highest BCUT2D eigenvalue weighted by Crippen LogP contribution is 2.26. The number of nitrogens with zero attached hydrogens (tertiary/aromatic N) is 2. The van der Waals surface area contributed by atoms with Crippen LogP contribution < -0.4 is 0 Å². The first kappa shape index (κ1) is 23.5. The van der Waals surface area contributed by atoms with Gasteiger partial charge >= 0.3 is 0 Å². The van der Waals surface area contributed by atoms with Crippen LogP contribution in [0.5, 0.6) is 0 Å². The monoisotopic (exact) mass is 362 g/mol. The van der Waals surface area contributed by atoms with Crippen molar-refractivity contribution in [1.29, 1.82) is 0 Å². The van der Waals surface area contributed by atoms with Crippen LogP contribution in [0.15, 0.2) is 12.1 Å². The van der Waals surface area contributed by atoms with E-state index < -0.39 is 17.4 Å². The fraction of sp³-hybridized carbons (Fsp3) is 0.500. The zero-order valence-corrected chi connectivity index (χ0v) is 17.3. The minimum Gasteiger partial charge on any atom is -0.337 e. The second-order valence-electron chi connectivity index (χ2n) is 6.31. The van der Waals surface area contributed by atoms with E-state index in [-0.39, 0.29) is 28.2 Å². The van der Waals surface area contributed by atoms with Gasteiger partial charge < -0.3 is 4.90 Å². The van der Waals surface area contributed by atoms with Crippen LogP contribution in [0.2, 0.25) is 0 Å². The third kappa shape index (κ3) is 4.36. The molecule has 0 aliphatic carbocycles. The molecule has 0 radical (unpaired) electrons. The third-order valence-corrected chi connectivity index (χ3v) is 3.93. The van der Waals surface area contributed by atoms with Crippen LogP contribution in [0.3, 0.4) is 0 Å². The topological polar surface area (TPSA) is 74.8 Å². The quantitative estimate of drug-likeness (QED) is 0.594. The fourth-order valence-corrected chi connectivity index (χ4v) is 2.19. The Morgan fingerprint density at radius 3 is 1.81 bits per heavy atom. The van der Waals surface area contributed by atoms with Gasteiger partial charge in [0.25, 0.3) is 17.7 Å². The molecule has 0 saturated heterocycles. The average Bonchev–Trinajstić information content (AvgIpc) is 2.85. The zero-order valence-electron chi connectivity index (χ0n) is 17.3. The molecule has 0 N–H and O–H groups in total. The minimum atomic E-state index is -0.468. The highest BCUT2D eigenvalue weighted by molar-refractivity contribution is 6.22. The molecule has 1 aliphatic rings. The van der Waals surface area contributed by atoms with Gasteiger partial charge in [-0.05, 0) is 32.9 Å². The number of benzene rings is 1. The first-order valence-electron chi connectivity index (χ1n) is 8.83. The molecule has 0 spiro atoms. The number of hydrogen-bond acceptors (Lipinski definition) is 4. The van der Waals surface area contributed by atoms with E-state index in [1.54, 1.807) is 7.05 Å². The predicted octanol–water partition coefficient (Wildman–Crippen LogP) is 3.65. The molecule has 6 nitrogen and oxygen atoms in total. The lowest BCUT2D eigenvalue weighted by atomic mass is 9.97. The van der Waals surface area contributed by atoms with E-state index in [0.29, 0.717) is 6.29 Å². The molecule has 0 unspecified atom stereocenters. The predicted molar refractivity (Wildman–Crippen MR) is 103 cm³/mol. The Kier molecular flexibility index (Phi) is 8.38. The number of carbonyl (C=O) groups is 4. The van der Waals surface area contributed by atoms with Crippen molar-refractivity contribution in [3.63, 3.8) is 0 Å². The van der Waals surface area contributed by atoms with Crippen molar-refractivity contribution in [2.75, 3.05) is 14.1 Å². The second-order valence-corrected chi connectivity index (χ2v) is 6.31. The zero-order chi connectivity index (χ0) is 20.8. The molecule has 6 heteroatoms. The Bertz CT molecular complexity index is 702. The van der Waals surface area contributed by atoms with Crippen LogP contribution >= 0.6 is 0 Å². The molecular weight excluding hydrogens is 332 g/mol. The Labute approximate surface area is 156 Å². The molecule has 0 atom stereocenters. The molecule has 3 amide bonds. The van der Waals surface area contributed by atoms with Gasteiger partial charge in [-0.25, -0.2) is 0 Å². The Morgan fingerprint density at radius 1 is 1.00 bits per heavy atom. The smallest absolute Gasteiger partial charge is 0.261 e. The highest BCUT2D eigenvalue weighted by Gasteiger charge is 2.35. The van der Waals surface area contributed by atoms with Gasteiger partial charge in [0.05, 0.1) is 16.7 Å². The summed E-state index contributed by atoms with van der Waals surface area (Å²) >= 11 is 0. The van der Waals surface area contributed by atoms with Crippen molar-refractivity contribution in [2.24, 2.45) is 0 Å². The number of fused-ring (bicyclic) bond motifs is 1. The molecular formula is C20H30N2O4. The van der Waals surface area contributed by atoms with Crippen molar-refractivity contribution in [2.45, 2.75) is 54.0 Å². The van der Waals surface area contributed by atoms with E-state index in [2.05, 4.69) is 0 Å². The minimum absolute atomic E-state index is 0.108. The molecule has 1 aromatic carbocycles. The lowest BCUT2D eigenvalue weighted by Crippen LogP contribution is -2.42. The van der Waals surface area contributed by atoms with Gasteiger partial charge in [-0.2, -0.15) is 0 Å². The molecule has 1 aromatic rings.